The molecule has 0 bridgehead atoms. The summed E-state index contributed by atoms with van der Waals surface area (Å²) in [6.45, 7) is -4.16. The SMILES string of the molecule is O=C(CC(O)C1(C(F)(F)F)CC1)NC(COC(F)F)c1cccc(OC(F)(F)F)c1. The number of aliphatic hydroxyl groups excluding tert-OH is 1. The molecule has 5 nitrogen and oxygen atoms in total. The molecule has 1 aliphatic carbocycles. The number of hydrogen-bond acceptors (Lipinski definition) is 4. The Bertz CT molecular complexity index is 733. The summed E-state index contributed by atoms with van der Waals surface area (Å²) in [6, 6.07) is 2.57. The first kappa shape index (κ1) is 24.1. The summed E-state index contributed by atoms with van der Waals surface area (Å²) in [5.74, 6) is -1.83. The first-order valence-electron chi connectivity index (χ1n) is 8.53. The van der Waals surface area contributed by atoms with Gasteiger partial charge in [-0.3, -0.25) is 4.79 Å². The van der Waals surface area contributed by atoms with Crippen molar-refractivity contribution in [1.29, 1.82) is 0 Å². The van der Waals surface area contributed by atoms with Crippen molar-refractivity contribution in [3.63, 3.8) is 0 Å². The molecule has 30 heavy (non-hydrogen) atoms. The van der Waals surface area contributed by atoms with Gasteiger partial charge in [0.1, 0.15) is 5.75 Å². The van der Waals surface area contributed by atoms with Gasteiger partial charge in [0.15, 0.2) is 0 Å². The van der Waals surface area contributed by atoms with Gasteiger partial charge in [0.05, 0.1) is 30.6 Å². The third-order valence-electron chi connectivity index (χ3n) is 4.59. The third-order valence-corrected chi connectivity index (χ3v) is 4.59. The van der Waals surface area contributed by atoms with Crippen molar-refractivity contribution in [2.75, 3.05) is 6.61 Å². The van der Waals surface area contributed by atoms with Crippen LogP contribution in [0.4, 0.5) is 35.1 Å². The molecule has 0 heterocycles. The zero-order valence-corrected chi connectivity index (χ0v) is 15.1. The van der Waals surface area contributed by atoms with Crippen molar-refractivity contribution >= 4 is 5.91 Å². The maximum atomic E-state index is 13.0. The van der Waals surface area contributed by atoms with Crippen LogP contribution in [0.25, 0.3) is 0 Å². The second-order valence-corrected chi connectivity index (χ2v) is 6.71. The quantitative estimate of drug-likeness (QED) is 0.556. The highest BCUT2D eigenvalue weighted by Crippen LogP contribution is 2.60. The molecule has 170 valence electrons. The molecule has 2 rings (SSSR count). The van der Waals surface area contributed by atoms with E-state index in [1.807, 2.05) is 0 Å². The molecule has 1 fully saturated rings. The second-order valence-electron chi connectivity index (χ2n) is 6.71. The van der Waals surface area contributed by atoms with Crippen molar-refractivity contribution in [2.24, 2.45) is 5.41 Å². The number of hydrogen-bond donors (Lipinski definition) is 2. The lowest BCUT2D eigenvalue weighted by molar-refractivity contribution is -0.274. The topological polar surface area (TPSA) is 67.8 Å². The molecule has 0 aromatic heterocycles. The number of halogens is 8. The number of rotatable bonds is 9. The minimum Gasteiger partial charge on any atom is -0.406 e. The predicted octanol–water partition coefficient (Wildman–Crippen LogP) is 4.08. The molecular weight excluding hydrogens is 434 g/mol. The lowest BCUT2D eigenvalue weighted by atomic mass is 9.95. The van der Waals surface area contributed by atoms with Crippen molar-refractivity contribution in [2.45, 2.75) is 50.6 Å². The molecule has 0 spiro atoms. The zero-order chi connectivity index (χ0) is 22.7. The number of alkyl halides is 8. The number of aliphatic hydroxyl groups is 1. The molecular formula is C17H17F8NO4. The van der Waals surface area contributed by atoms with Crippen molar-refractivity contribution in [3.05, 3.63) is 29.8 Å². The minimum absolute atomic E-state index is 0.128. The Balaban J connectivity index is 2.11. The molecule has 2 atom stereocenters. The van der Waals surface area contributed by atoms with Crippen LogP contribution in [0.15, 0.2) is 24.3 Å². The van der Waals surface area contributed by atoms with Gasteiger partial charge in [-0.1, -0.05) is 12.1 Å². The molecule has 13 heteroatoms. The van der Waals surface area contributed by atoms with Gasteiger partial charge in [0, 0.05) is 0 Å². The van der Waals surface area contributed by atoms with E-state index in [1.165, 1.54) is 6.07 Å². The monoisotopic (exact) mass is 451 g/mol. The third kappa shape index (κ3) is 6.42. The zero-order valence-electron chi connectivity index (χ0n) is 15.1. The summed E-state index contributed by atoms with van der Waals surface area (Å²) >= 11 is 0. The highest BCUT2D eigenvalue weighted by Gasteiger charge is 2.67. The number of carbonyl (C=O) groups is 1. The number of amides is 1. The second kappa shape index (κ2) is 8.92. The van der Waals surface area contributed by atoms with Crippen molar-refractivity contribution in [1.82, 2.24) is 5.32 Å². The lowest BCUT2D eigenvalue weighted by Crippen LogP contribution is -2.41. The van der Waals surface area contributed by atoms with E-state index in [0.717, 1.165) is 18.2 Å². The van der Waals surface area contributed by atoms with E-state index < -0.39 is 61.4 Å². The summed E-state index contributed by atoms with van der Waals surface area (Å²) in [5.41, 5.74) is -2.53. The van der Waals surface area contributed by atoms with Crippen molar-refractivity contribution in [3.8, 4) is 5.75 Å². The van der Waals surface area contributed by atoms with Gasteiger partial charge in [-0.25, -0.2) is 0 Å². The number of ether oxygens (including phenoxy) is 2. The Hall–Kier alpha value is -2.15. The van der Waals surface area contributed by atoms with E-state index in [2.05, 4.69) is 14.8 Å². The predicted molar refractivity (Wildman–Crippen MR) is 84.3 cm³/mol. The Morgan fingerprint density at radius 3 is 2.30 bits per heavy atom. The largest absolute Gasteiger partial charge is 0.573 e. The Morgan fingerprint density at radius 2 is 1.80 bits per heavy atom. The normalized spacial score (nSPS) is 18.1. The molecule has 0 saturated heterocycles. The molecule has 1 aromatic rings. The summed E-state index contributed by atoms with van der Waals surface area (Å²) in [5, 5.41) is 11.9. The van der Waals surface area contributed by atoms with Crippen LogP contribution in [0, 0.1) is 5.41 Å². The summed E-state index contributed by atoms with van der Waals surface area (Å²) in [7, 11) is 0. The van der Waals surface area contributed by atoms with Gasteiger partial charge < -0.3 is 19.9 Å². The first-order valence-corrected chi connectivity index (χ1v) is 8.53. The molecule has 1 aromatic carbocycles. The maximum Gasteiger partial charge on any atom is 0.573 e. The van der Waals surface area contributed by atoms with Crippen LogP contribution in [-0.4, -0.2) is 42.9 Å². The Morgan fingerprint density at radius 1 is 1.17 bits per heavy atom. The minimum atomic E-state index is -5.03. The van der Waals surface area contributed by atoms with E-state index in [9.17, 15) is 45.0 Å². The molecule has 1 aliphatic rings. The molecule has 1 saturated carbocycles. The van der Waals surface area contributed by atoms with E-state index in [1.54, 1.807) is 0 Å². The van der Waals surface area contributed by atoms with E-state index in [4.69, 9.17) is 0 Å². The van der Waals surface area contributed by atoms with Crippen LogP contribution in [-0.2, 0) is 9.53 Å². The fourth-order valence-electron chi connectivity index (χ4n) is 2.88. The Kier molecular flexibility index (Phi) is 7.17. The van der Waals surface area contributed by atoms with Crippen LogP contribution in [0.5, 0.6) is 5.75 Å². The van der Waals surface area contributed by atoms with E-state index in [0.29, 0.717) is 0 Å². The van der Waals surface area contributed by atoms with Gasteiger partial charge in [0.2, 0.25) is 5.91 Å². The van der Waals surface area contributed by atoms with Crippen LogP contribution in [0.2, 0.25) is 0 Å². The smallest absolute Gasteiger partial charge is 0.406 e. The van der Waals surface area contributed by atoms with E-state index >= 15 is 0 Å². The van der Waals surface area contributed by atoms with Gasteiger partial charge in [0.25, 0.3) is 0 Å². The fourth-order valence-corrected chi connectivity index (χ4v) is 2.88. The highest BCUT2D eigenvalue weighted by atomic mass is 19.4. The van der Waals surface area contributed by atoms with Crippen molar-refractivity contribution < 1.29 is 54.5 Å². The lowest BCUT2D eigenvalue weighted by Gasteiger charge is -2.26. The molecule has 1 amide bonds. The fraction of sp³-hybridized carbons (Fsp3) is 0.588. The van der Waals surface area contributed by atoms with Gasteiger partial charge >= 0.3 is 19.2 Å². The first-order chi connectivity index (χ1) is 13.7. The van der Waals surface area contributed by atoms with Crippen LogP contribution in [0.1, 0.15) is 30.9 Å². The summed E-state index contributed by atoms with van der Waals surface area (Å²) in [6.07, 6.45) is -13.5. The van der Waals surface area contributed by atoms with Gasteiger partial charge in [-0.15, -0.1) is 13.2 Å². The number of nitrogens with one attached hydrogen (secondary N) is 1. The van der Waals surface area contributed by atoms with Crippen LogP contribution >= 0.6 is 0 Å². The molecule has 2 unspecified atom stereocenters. The summed E-state index contributed by atoms with van der Waals surface area (Å²) < 4.78 is 109. The Labute approximate surface area is 164 Å². The summed E-state index contributed by atoms with van der Waals surface area (Å²) in [4.78, 5) is 12.1. The van der Waals surface area contributed by atoms with E-state index in [-0.39, 0.29) is 18.4 Å². The standard InChI is InChI=1S/C17H17F8NO4/c18-14(19)29-8-11(9-2-1-3-10(6-9)30-17(23,24)25)26-13(28)7-12(27)15(4-5-15)16(20,21)22/h1-3,6,11-12,14,27H,4-5,7-8H2,(H,26,28). The average molecular weight is 451 g/mol. The van der Waals surface area contributed by atoms with Crippen LogP contribution in [0.3, 0.4) is 0 Å². The average Bonchev–Trinajstić information content (AvgIpc) is 3.38. The molecule has 0 aliphatic heterocycles. The van der Waals surface area contributed by atoms with Crippen LogP contribution < -0.4 is 10.1 Å². The molecule has 2 N–H and O–H groups in total. The number of benzene rings is 1. The molecule has 0 radical (unpaired) electrons. The maximum absolute atomic E-state index is 13.0. The van der Waals surface area contributed by atoms with Gasteiger partial charge in [-0.2, -0.15) is 22.0 Å². The van der Waals surface area contributed by atoms with Gasteiger partial charge in [-0.05, 0) is 30.5 Å². The number of carbonyl (C=O) groups excluding carboxylic acids is 1. The highest BCUT2D eigenvalue weighted by molar-refractivity contribution is 5.77.